The van der Waals surface area contributed by atoms with E-state index < -0.39 is 0 Å². The van der Waals surface area contributed by atoms with Gasteiger partial charge in [0.15, 0.2) is 0 Å². The number of aryl methyl sites for hydroxylation is 2. The van der Waals surface area contributed by atoms with Gasteiger partial charge >= 0.3 is 0 Å². The lowest BCUT2D eigenvalue weighted by molar-refractivity contribution is -0.117. The fraction of sp³-hybridized carbons (Fsp3) is 0.294. The summed E-state index contributed by atoms with van der Waals surface area (Å²) < 4.78 is 1.45. The Morgan fingerprint density at radius 1 is 1.26 bits per heavy atom. The summed E-state index contributed by atoms with van der Waals surface area (Å²) in [7, 11) is 1.66. The van der Waals surface area contributed by atoms with Gasteiger partial charge in [-0.05, 0) is 48.6 Å². The van der Waals surface area contributed by atoms with Gasteiger partial charge in [0.25, 0.3) is 5.56 Å². The highest BCUT2D eigenvalue weighted by Gasteiger charge is 2.44. The van der Waals surface area contributed by atoms with Gasteiger partial charge in [-0.15, -0.1) is 0 Å². The van der Waals surface area contributed by atoms with Crippen molar-refractivity contribution in [2.24, 2.45) is 13.0 Å². The minimum absolute atomic E-state index is 0.123. The number of nitrogens with one attached hydrogen (secondary N) is 1. The van der Waals surface area contributed by atoms with Crippen molar-refractivity contribution in [3.05, 3.63) is 62.0 Å². The molecule has 1 aromatic heterocycles. The van der Waals surface area contributed by atoms with Crippen LogP contribution in [-0.4, -0.2) is 10.5 Å². The fourth-order valence-corrected chi connectivity index (χ4v) is 2.99. The van der Waals surface area contributed by atoms with Gasteiger partial charge in [-0.2, -0.15) is 0 Å². The zero-order valence-electron chi connectivity index (χ0n) is 12.8. The summed E-state index contributed by atoms with van der Waals surface area (Å²) in [5.41, 5.74) is 1.90. The lowest BCUT2D eigenvalue weighted by atomic mass is 10.1. The molecule has 1 saturated carbocycles. The molecule has 1 aliphatic rings. The van der Waals surface area contributed by atoms with Gasteiger partial charge in [-0.25, -0.2) is 0 Å². The lowest BCUT2D eigenvalue weighted by Gasteiger charge is -2.09. The van der Waals surface area contributed by atoms with Crippen LogP contribution >= 0.6 is 23.2 Å². The summed E-state index contributed by atoms with van der Waals surface area (Å²) in [6.07, 6.45) is 2.43. The maximum absolute atomic E-state index is 12.4. The highest BCUT2D eigenvalue weighted by molar-refractivity contribution is 6.42. The highest BCUT2D eigenvalue weighted by atomic mass is 35.5. The molecule has 2 unspecified atom stereocenters. The van der Waals surface area contributed by atoms with E-state index in [1.807, 2.05) is 6.07 Å². The van der Waals surface area contributed by atoms with Crippen molar-refractivity contribution in [2.45, 2.75) is 19.3 Å². The van der Waals surface area contributed by atoms with Gasteiger partial charge in [0.1, 0.15) is 5.69 Å². The molecule has 0 spiro atoms. The van der Waals surface area contributed by atoms with Crippen molar-refractivity contribution >= 4 is 34.8 Å². The molecular formula is C17H16Cl2N2O2. The zero-order valence-corrected chi connectivity index (χ0v) is 14.3. The average molecular weight is 351 g/mol. The van der Waals surface area contributed by atoms with E-state index in [2.05, 4.69) is 5.32 Å². The largest absolute Gasteiger partial charge is 0.321 e. The van der Waals surface area contributed by atoms with Gasteiger partial charge in [0, 0.05) is 19.2 Å². The highest BCUT2D eigenvalue weighted by Crippen LogP contribution is 2.48. The first kappa shape index (κ1) is 16.1. The van der Waals surface area contributed by atoms with Crippen LogP contribution in [0.5, 0.6) is 0 Å². The van der Waals surface area contributed by atoms with E-state index in [9.17, 15) is 9.59 Å². The van der Waals surface area contributed by atoms with Crippen LogP contribution in [0.15, 0.2) is 35.3 Å². The molecular weight excluding hydrogens is 335 g/mol. The summed E-state index contributed by atoms with van der Waals surface area (Å²) in [5, 5.41) is 3.77. The molecule has 23 heavy (non-hydrogen) atoms. The van der Waals surface area contributed by atoms with E-state index in [-0.39, 0.29) is 23.3 Å². The summed E-state index contributed by atoms with van der Waals surface area (Å²) in [4.78, 5) is 24.5. The van der Waals surface area contributed by atoms with Crippen molar-refractivity contribution in [3.8, 4) is 0 Å². The number of aromatic nitrogens is 1. The molecule has 1 heterocycles. The fourth-order valence-electron chi connectivity index (χ4n) is 2.68. The lowest BCUT2D eigenvalue weighted by Crippen LogP contribution is -2.26. The van der Waals surface area contributed by atoms with Gasteiger partial charge in [-0.1, -0.05) is 29.3 Å². The predicted molar refractivity (Wildman–Crippen MR) is 92.4 cm³/mol. The van der Waals surface area contributed by atoms with Crippen molar-refractivity contribution in [1.29, 1.82) is 0 Å². The van der Waals surface area contributed by atoms with Crippen LogP contribution in [0.4, 0.5) is 5.69 Å². The SMILES string of the molecule is Cc1ccn(C)c(=O)c1NC(=O)C1CC1c1ccc(Cl)c(Cl)c1. The van der Waals surface area contributed by atoms with E-state index in [4.69, 9.17) is 23.2 Å². The normalized spacial score (nSPS) is 19.5. The Morgan fingerprint density at radius 3 is 2.70 bits per heavy atom. The first-order valence-corrected chi connectivity index (χ1v) is 8.06. The second-order valence-corrected chi connectivity index (χ2v) is 6.72. The molecule has 6 heteroatoms. The number of carbonyl (C=O) groups excluding carboxylic acids is 1. The molecule has 1 fully saturated rings. The number of halogens is 2. The maximum Gasteiger partial charge on any atom is 0.274 e. The second-order valence-electron chi connectivity index (χ2n) is 5.90. The Bertz CT molecular complexity index is 845. The van der Waals surface area contributed by atoms with E-state index in [1.165, 1.54) is 4.57 Å². The first-order chi connectivity index (χ1) is 10.9. The minimum Gasteiger partial charge on any atom is -0.321 e. The third kappa shape index (κ3) is 3.14. The Labute approximate surface area is 144 Å². The van der Waals surface area contributed by atoms with Crippen LogP contribution in [0.3, 0.4) is 0 Å². The van der Waals surface area contributed by atoms with Gasteiger partial charge < -0.3 is 9.88 Å². The standard InChI is InChI=1S/C17H16Cl2N2O2/c1-9-5-6-21(2)17(23)15(9)20-16(22)12-8-11(12)10-3-4-13(18)14(19)7-10/h3-7,11-12H,8H2,1-2H3,(H,20,22). The average Bonchev–Trinajstić information content (AvgIpc) is 3.31. The zero-order chi connectivity index (χ0) is 16.7. The number of hydrogen-bond donors (Lipinski definition) is 1. The quantitative estimate of drug-likeness (QED) is 0.916. The molecule has 2 aromatic rings. The Morgan fingerprint density at radius 2 is 2.00 bits per heavy atom. The molecule has 1 amide bonds. The summed E-state index contributed by atoms with van der Waals surface area (Å²) in [6, 6.07) is 7.23. The van der Waals surface area contributed by atoms with Crippen molar-refractivity contribution in [1.82, 2.24) is 4.57 Å². The molecule has 2 atom stereocenters. The van der Waals surface area contributed by atoms with Crippen LogP contribution in [0, 0.1) is 12.8 Å². The molecule has 4 nitrogen and oxygen atoms in total. The first-order valence-electron chi connectivity index (χ1n) is 7.30. The molecule has 0 bridgehead atoms. The number of amides is 1. The molecule has 0 saturated heterocycles. The van der Waals surface area contributed by atoms with Crippen molar-refractivity contribution < 1.29 is 4.79 Å². The Hall–Kier alpha value is -1.78. The molecule has 1 N–H and O–H groups in total. The van der Waals surface area contributed by atoms with Crippen LogP contribution in [0.25, 0.3) is 0 Å². The van der Waals surface area contributed by atoms with E-state index in [0.717, 1.165) is 17.5 Å². The molecule has 0 radical (unpaired) electrons. The number of benzene rings is 1. The van der Waals surface area contributed by atoms with E-state index >= 15 is 0 Å². The summed E-state index contributed by atoms with van der Waals surface area (Å²) in [5.74, 6) is -0.151. The smallest absolute Gasteiger partial charge is 0.274 e. The van der Waals surface area contributed by atoms with Gasteiger partial charge in [0.05, 0.1) is 10.0 Å². The molecule has 0 aliphatic heterocycles. The monoisotopic (exact) mass is 350 g/mol. The number of carbonyl (C=O) groups is 1. The van der Waals surface area contributed by atoms with Crippen LogP contribution in [0.2, 0.25) is 10.0 Å². The van der Waals surface area contributed by atoms with Crippen molar-refractivity contribution in [3.63, 3.8) is 0 Å². The number of hydrogen-bond acceptors (Lipinski definition) is 2. The summed E-state index contributed by atoms with van der Waals surface area (Å²) >= 11 is 11.9. The van der Waals surface area contributed by atoms with Gasteiger partial charge in [-0.3, -0.25) is 9.59 Å². The minimum atomic E-state index is -0.204. The Kier molecular flexibility index (Phi) is 4.21. The number of nitrogens with zero attached hydrogens (tertiary/aromatic N) is 1. The second kappa shape index (κ2) is 6.02. The van der Waals surface area contributed by atoms with Crippen molar-refractivity contribution in [2.75, 3.05) is 5.32 Å². The molecule has 1 aliphatic carbocycles. The number of rotatable bonds is 3. The third-order valence-corrected chi connectivity index (χ3v) is 4.96. The molecule has 120 valence electrons. The summed E-state index contributed by atoms with van der Waals surface area (Å²) in [6.45, 7) is 1.81. The predicted octanol–water partition coefficient (Wildman–Crippen LogP) is 3.74. The molecule has 3 rings (SSSR count). The molecule has 1 aromatic carbocycles. The van der Waals surface area contributed by atoms with E-state index in [0.29, 0.717) is 15.7 Å². The topological polar surface area (TPSA) is 51.1 Å². The van der Waals surface area contributed by atoms with Crippen LogP contribution < -0.4 is 10.9 Å². The maximum atomic E-state index is 12.4. The Balaban J connectivity index is 1.75. The van der Waals surface area contributed by atoms with Crippen LogP contribution in [-0.2, 0) is 11.8 Å². The van der Waals surface area contributed by atoms with E-state index in [1.54, 1.807) is 38.4 Å². The third-order valence-electron chi connectivity index (χ3n) is 4.22. The van der Waals surface area contributed by atoms with Gasteiger partial charge in [0.2, 0.25) is 5.91 Å². The number of pyridine rings is 1. The number of anilines is 1. The van der Waals surface area contributed by atoms with Crippen LogP contribution in [0.1, 0.15) is 23.5 Å².